The van der Waals surface area contributed by atoms with E-state index >= 15 is 0 Å². The number of hydrogen-bond donors (Lipinski definition) is 3. The minimum Gasteiger partial charge on any atom is -0.493 e. The minimum absolute atomic E-state index is 0.0507. The highest BCUT2D eigenvalue weighted by atomic mass is 16.6. The standard InChI is InChI=1S/C24H22N6O5/c1-34-21-11-19-20(12-22(21)35-2)26-14-27-23(19)25-13-15-4-3-5-17(10-15)29-24(31)28-16-6-8-18(9-7-16)30(32)33/h3-12,14H,13H2,1-2H3,(H,25,26,27)(H2,28,29,31). The molecule has 0 aliphatic carbocycles. The number of hydrogen-bond acceptors (Lipinski definition) is 8. The Morgan fingerprint density at radius 2 is 1.66 bits per heavy atom. The van der Waals surface area contributed by atoms with Crippen LogP contribution in [0, 0.1) is 10.1 Å². The van der Waals surface area contributed by atoms with Crippen molar-refractivity contribution >= 4 is 39.8 Å². The van der Waals surface area contributed by atoms with Gasteiger partial charge in [0.1, 0.15) is 12.1 Å². The van der Waals surface area contributed by atoms with Crippen molar-refractivity contribution in [3.05, 3.63) is 82.7 Å². The van der Waals surface area contributed by atoms with E-state index in [0.717, 1.165) is 10.9 Å². The van der Waals surface area contributed by atoms with E-state index < -0.39 is 11.0 Å². The van der Waals surface area contributed by atoms with E-state index in [0.29, 0.717) is 40.8 Å². The summed E-state index contributed by atoms with van der Waals surface area (Å²) in [5.41, 5.74) is 2.59. The lowest BCUT2D eigenvalue weighted by Crippen LogP contribution is -2.19. The van der Waals surface area contributed by atoms with E-state index in [-0.39, 0.29) is 5.69 Å². The molecule has 0 unspecified atom stereocenters. The molecule has 4 rings (SSSR count). The second kappa shape index (κ2) is 10.3. The van der Waals surface area contributed by atoms with Gasteiger partial charge in [-0.2, -0.15) is 0 Å². The van der Waals surface area contributed by atoms with E-state index in [1.165, 1.54) is 30.6 Å². The maximum Gasteiger partial charge on any atom is 0.323 e. The molecule has 11 heteroatoms. The Morgan fingerprint density at radius 3 is 2.37 bits per heavy atom. The van der Waals surface area contributed by atoms with Crippen LogP contribution in [0.2, 0.25) is 0 Å². The number of urea groups is 1. The zero-order chi connectivity index (χ0) is 24.8. The van der Waals surface area contributed by atoms with Crippen LogP contribution in [-0.4, -0.2) is 35.1 Å². The summed E-state index contributed by atoms with van der Waals surface area (Å²) in [5, 5.41) is 20.2. The molecular formula is C24H22N6O5. The molecule has 35 heavy (non-hydrogen) atoms. The van der Waals surface area contributed by atoms with Crippen LogP contribution < -0.4 is 25.4 Å². The van der Waals surface area contributed by atoms with Crippen molar-refractivity contribution in [2.24, 2.45) is 0 Å². The van der Waals surface area contributed by atoms with Gasteiger partial charge < -0.3 is 25.4 Å². The molecule has 178 valence electrons. The highest BCUT2D eigenvalue weighted by Gasteiger charge is 2.11. The van der Waals surface area contributed by atoms with Crippen LogP contribution in [0.25, 0.3) is 10.9 Å². The number of amides is 2. The number of aromatic nitrogens is 2. The number of benzene rings is 3. The molecule has 3 aromatic carbocycles. The summed E-state index contributed by atoms with van der Waals surface area (Å²) < 4.78 is 10.7. The number of nitrogens with zero attached hydrogens (tertiary/aromatic N) is 3. The number of methoxy groups -OCH3 is 2. The van der Waals surface area contributed by atoms with E-state index in [9.17, 15) is 14.9 Å². The molecule has 11 nitrogen and oxygen atoms in total. The maximum atomic E-state index is 12.3. The van der Waals surface area contributed by atoms with E-state index in [4.69, 9.17) is 9.47 Å². The van der Waals surface area contributed by atoms with Gasteiger partial charge >= 0.3 is 6.03 Å². The summed E-state index contributed by atoms with van der Waals surface area (Å²) in [6.45, 7) is 0.444. The molecule has 1 aromatic heterocycles. The molecule has 0 bridgehead atoms. The van der Waals surface area contributed by atoms with Gasteiger partial charge in [-0.05, 0) is 35.9 Å². The summed E-state index contributed by atoms with van der Waals surface area (Å²) >= 11 is 0. The second-order valence-corrected chi connectivity index (χ2v) is 7.38. The van der Waals surface area contributed by atoms with Gasteiger partial charge in [0.25, 0.3) is 5.69 Å². The molecule has 0 fully saturated rings. The van der Waals surface area contributed by atoms with Crippen LogP contribution in [0.1, 0.15) is 5.56 Å². The van der Waals surface area contributed by atoms with E-state index in [1.807, 2.05) is 24.3 Å². The Bertz CT molecular complexity index is 1380. The average molecular weight is 474 g/mol. The Morgan fingerprint density at radius 1 is 0.943 bits per heavy atom. The number of fused-ring (bicyclic) bond motifs is 1. The molecule has 4 aromatic rings. The second-order valence-electron chi connectivity index (χ2n) is 7.38. The van der Waals surface area contributed by atoms with Crippen LogP contribution in [0.15, 0.2) is 67.0 Å². The number of nitro groups is 1. The first-order valence-electron chi connectivity index (χ1n) is 10.5. The van der Waals surface area contributed by atoms with Gasteiger partial charge in [0.2, 0.25) is 0 Å². The summed E-state index contributed by atoms with van der Waals surface area (Å²) in [6.07, 6.45) is 1.47. The molecule has 3 N–H and O–H groups in total. The lowest BCUT2D eigenvalue weighted by Gasteiger charge is -2.13. The summed E-state index contributed by atoms with van der Waals surface area (Å²) in [5.74, 6) is 1.78. The molecule has 0 spiro atoms. The Hall–Kier alpha value is -4.93. The lowest BCUT2D eigenvalue weighted by molar-refractivity contribution is -0.384. The summed E-state index contributed by atoms with van der Waals surface area (Å²) in [4.78, 5) is 31.2. The Balaban J connectivity index is 1.43. The zero-order valence-corrected chi connectivity index (χ0v) is 18.9. The van der Waals surface area contributed by atoms with Crippen LogP contribution in [0.4, 0.5) is 27.7 Å². The fourth-order valence-electron chi connectivity index (χ4n) is 3.43. The van der Waals surface area contributed by atoms with Gasteiger partial charge in [0.05, 0.1) is 24.7 Å². The van der Waals surface area contributed by atoms with Crippen LogP contribution in [0.3, 0.4) is 0 Å². The normalized spacial score (nSPS) is 10.5. The third-order valence-corrected chi connectivity index (χ3v) is 5.12. The van der Waals surface area contributed by atoms with E-state index in [2.05, 4.69) is 25.9 Å². The van der Waals surface area contributed by atoms with Crippen molar-refractivity contribution < 1.29 is 19.2 Å². The molecule has 2 amide bonds. The molecule has 0 saturated heterocycles. The van der Waals surface area contributed by atoms with Crippen molar-refractivity contribution in [3.8, 4) is 11.5 Å². The lowest BCUT2D eigenvalue weighted by atomic mass is 10.1. The highest BCUT2D eigenvalue weighted by Crippen LogP contribution is 2.33. The number of ether oxygens (including phenoxy) is 2. The quantitative estimate of drug-likeness (QED) is 0.244. The highest BCUT2D eigenvalue weighted by molar-refractivity contribution is 5.99. The average Bonchev–Trinajstić information content (AvgIpc) is 2.87. The fourth-order valence-corrected chi connectivity index (χ4v) is 3.43. The number of anilines is 3. The van der Waals surface area contributed by atoms with Crippen LogP contribution in [0.5, 0.6) is 11.5 Å². The molecule has 0 aliphatic rings. The Kier molecular flexibility index (Phi) is 6.86. The number of nitrogens with one attached hydrogen (secondary N) is 3. The third-order valence-electron chi connectivity index (χ3n) is 5.12. The van der Waals surface area contributed by atoms with Gasteiger partial charge in [-0.25, -0.2) is 14.8 Å². The number of nitro benzene ring substituents is 1. The van der Waals surface area contributed by atoms with E-state index in [1.54, 1.807) is 26.4 Å². The van der Waals surface area contributed by atoms with Crippen LogP contribution in [-0.2, 0) is 6.54 Å². The van der Waals surface area contributed by atoms with Crippen LogP contribution >= 0.6 is 0 Å². The largest absolute Gasteiger partial charge is 0.493 e. The molecule has 0 saturated carbocycles. The first kappa shape index (κ1) is 23.2. The van der Waals surface area contributed by atoms with Crippen molar-refractivity contribution in [1.29, 1.82) is 0 Å². The summed E-state index contributed by atoms with van der Waals surface area (Å²) in [6, 6.07) is 16.0. The number of carbonyl (C=O) groups excluding carboxylic acids is 1. The van der Waals surface area contributed by atoms with Gasteiger partial charge in [-0.3, -0.25) is 10.1 Å². The molecule has 0 aliphatic heterocycles. The SMILES string of the molecule is COc1cc2ncnc(NCc3cccc(NC(=O)Nc4ccc([N+](=O)[O-])cc4)c3)c2cc1OC. The number of non-ortho nitro benzene ring substituents is 1. The molecule has 0 atom stereocenters. The molecular weight excluding hydrogens is 452 g/mol. The van der Waals surface area contributed by atoms with Crippen molar-refractivity contribution in [2.45, 2.75) is 6.54 Å². The molecule has 1 heterocycles. The van der Waals surface area contributed by atoms with Crippen molar-refractivity contribution in [3.63, 3.8) is 0 Å². The van der Waals surface area contributed by atoms with Gasteiger partial charge in [0, 0.05) is 41.5 Å². The Labute approximate surface area is 200 Å². The first-order chi connectivity index (χ1) is 17.0. The number of carbonyl (C=O) groups is 1. The van der Waals surface area contributed by atoms with Gasteiger partial charge in [-0.1, -0.05) is 12.1 Å². The van der Waals surface area contributed by atoms with Gasteiger partial charge in [0.15, 0.2) is 11.5 Å². The summed E-state index contributed by atoms with van der Waals surface area (Å²) in [7, 11) is 3.13. The number of rotatable bonds is 8. The van der Waals surface area contributed by atoms with Gasteiger partial charge in [-0.15, -0.1) is 0 Å². The monoisotopic (exact) mass is 474 g/mol. The predicted molar refractivity (Wildman–Crippen MR) is 132 cm³/mol. The topological polar surface area (TPSA) is 141 Å². The predicted octanol–water partition coefficient (Wildman–Crippen LogP) is 4.81. The zero-order valence-electron chi connectivity index (χ0n) is 18.9. The first-order valence-corrected chi connectivity index (χ1v) is 10.5. The molecule has 0 radical (unpaired) electrons. The maximum absolute atomic E-state index is 12.3. The fraction of sp³-hybridized carbons (Fsp3) is 0.125. The van der Waals surface area contributed by atoms with Crippen molar-refractivity contribution in [1.82, 2.24) is 9.97 Å². The minimum atomic E-state index is -0.499. The smallest absolute Gasteiger partial charge is 0.323 e. The third kappa shape index (κ3) is 5.53. The van der Waals surface area contributed by atoms with Crippen molar-refractivity contribution in [2.75, 3.05) is 30.2 Å².